The zero-order chi connectivity index (χ0) is 29.4. The maximum absolute atomic E-state index is 9.27. The minimum Gasteiger partial charge on any atom is -0.310 e. The molecule has 2 aliphatic rings. The van der Waals surface area contributed by atoms with Gasteiger partial charge in [-0.05, 0) is 87.0 Å². The van der Waals surface area contributed by atoms with Crippen molar-refractivity contribution in [3.63, 3.8) is 0 Å². The molecular formula is C40H36N2. The molecule has 0 fully saturated rings. The van der Waals surface area contributed by atoms with Crippen molar-refractivity contribution < 1.29 is 0 Å². The number of hydrogen-bond donors (Lipinski definition) is 0. The van der Waals surface area contributed by atoms with Gasteiger partial charge in [-0.15, -0.1) is 0 Å². The third-order valence-corrected chi connectivity index (χ3v) is 9.96. The highest BCUT2D eigenvalue weighted by Gasteiger charge is 2.43. The van der Waals surface area contributed by atoms with Gasteiger partial charge in [0, 0.05) is 21.9 Å². The molecule has 42 heavy (non-hydrogen) atoms. The molecule has 1 heterocycles. The number of nitriles is 1. The van der Waals surface area contributed by atoms with Crippen LogP contribution in [0.2, 0.25) is 0 Å². The normalized spacial score (nSPS) is 16.8. The third-order valence-electron chi connectivity index (χ3n) is 9.96. The molecule has 2 nitrogen and oxygen atoms in total. The summed E-state index contributed by atoms with van der Waals surface area (Å²) in [6.07, 6.45) is 0. The summed E-state index contributed by atoms with van der Waals surface area (Å²) < 4.78 is 0. The van der Waals surface area contributed by atoms with Crippen LogP contribution < -0.4 is 4.90 Å². The van der Waals surface area contributed by atoms with Crippen molar-refractivity contribution in [2.45, 2.75) is 57.8 Å². The van der Waals surface area contributed by atoms with E-state index in [1.54, 1.807) is 0 Å². The lowest BCUT2D eigenvalue weighted by Gasteiger charge is -2.46. The van der Waals surface area contributed by atoms with Gasteiger partial charge in [0.25, 0.3) is 0 Å². The van der Waals surface area contributed by atoms with E-state index < -0.39 is 0 Å². The Morgan fingerprint density at radius 1 is 0.476 bits per heavy atom. The van der Waals surface area contributed by atoms with E-state index in [1.165, 1.54) is 56.0 Å². The van der Waals surface area contributed by atoms with Crippen molar-refractivity contribution in [1.29, 1.82) is 5.26 Å². The third kappa shape index (κ3) is 3.63. The summed E-state index contributed by atoms with van der Waals surface area (Å²) in [4.78, 5) is 2.46. The van der Waals surface area contributed by atoms with E-state index in [4.69, 9.17) is 0 Å². The molecule has 0 unspecified atom stereocenters. The van der Waals surface area contributed by atoms with Crippen molar-refractivity contribution in [3.05, 3.63) is 148 Å². The van der Waals surface area contributed by atoms with Gasteiger partial charge in [-0.2, -0.15) is 5.26 Å². The molecule has 2 heteroatoms. The van der Waals surface area contributed by atoms with Gasteiger partial charge in [0.1, 0.15) is 0 Å². The Hall–Kier alpha value is -4.61. The number of rotatable bonds is 2. The largest absolute Gasteiger partial charge is 0.310 e. The number of nitrogens with zero attached hydrogens (tertiary/aromatic N) is 2. The predicted octanol–water partition coefficient (Wildman–Crippen LogP) is 10.3. The second-order valence-corrected chi connectivity index (χ2v) is 13.4. The van der Waals surface area contributed by atoms with Crippen LogP contribution in [-0.4, -0.2) is 0 Å². The predicted molar refractivity (Wildman–Crippen MR) is 174 cm³/mol. The zero-order valence-electron chi connectivity index (χ0n) is 25.3. The summed E-state index contributed by atoms with van der Waals surface area (Å²) in [6.45, 7) is 14.1. The fraction of sp³-hybridized carbons (Fsp3) is 0.225. The Morgan fingerprint density at radius 2 is 0.952 bits per heavy atom. The maximum Gasteiger partial charge on any atom is 0.0991 e. The molecule has 0 aromatic heterocycles. The molecule has 0 saturated carbocycles. The van der Waals surface area contributed by atoms with Gasteiger partial charge < -0.3 is 4.90 Å². The van der Waals surface area contributed by atoms with Gasteiger partial charge in [-0.3, -0.25) is 0 Å². The lowest BCUT2D eigenvalue weighted by Crippen LogP contribution is -2.37. The van der Waals surface area contributed by atoms with Crippen LogP contribution in [0.3, 0.4) is 0 Å². The quantitative estimate of drug-likeness (QED) is 0.221. The number of benzene rings is 5. The zero-order valence-corrected chi connectivity index (χ0v) is 25.3. The smallest absolute Gasteiger partial charge is 0.0991 e. The van der Waals surface area contributed by atoms with Crippen LogP contribution in [-0.2, 0) is 16.2 Å². The average molecular weight is 545 g/mol. The summed E-state index contributed by atoms with van der Waals surface area (Å²) in [6, 6.07) is 41.9. The number of para-hydroxylation sites is 2. The molecule has 7 rings (SSSR count). The van der Waals surface area contributed by atoms with E-state index in [0.717, 1.165) is 5.56 Å². The van der Waals surface area contributed by atoms with Crippen molar-refractivity contribution in [2.24, 2.45) is 0 Å². The van der Waals surface area contributed by atoms with Crippen LogP contribution in [0.15, 0.2) is 109 Å². The van der Waals surface area contributed by atoms with E-state index in [-0.39, 0.29) is 16.2 Å². The van der Waals surface area contributed by atoms with Crippen molar-refractivity contribution in [2.75, 3.05) is 4.90 Å². The highest BCUT2D eigenvalue weighted by atomic mass is 15.2. The Balaban J connectivity index is 1.41. The second-order valence-electron chi connectivity index (χ2n) is 13.4. The summed E-state index contributed by atoms with van der Waals surface area (Å²) in [7, 11) is 0. The Bertz CT molecular complexity index is 1870. The Kier molecular flexibility index (Phi) is 5.60. The number of anilines is 3. The van der Waals surface area contributed by atoms with E-state index in [1.807, 2.05) is 12.1 Å². The fourth-order valence-electron chi connectivity index (χ4n) is 7.49. The lowest BCUT2D eigenvalue weighted by atomic mass is 9.59. The molecule has 0 saturated heterocycles. The number of hydrogen-bond acceptors (Lipinski definition) is 2. The minimum atomic E-state index is -0.201. The van der Waals surface area contributed by atoms with Gasteiger partial charge >= 0.3 is 0 Å². The molecule has 0 bridgehead atoms. The summed E-state index contributed by atoms with van der Waals surface area (Å²) in [5, 5.41) is 9.27. The number of fused-ring (bicyclic) bond motifs is 4. The lowest BCUT2D eigenvalue weighted by molar-refractivity contribution is 0.521. The molecule has 1 aliphatic carbocycles. The molecule has 0 N–H and O–H groups in total. The van der Waals surface area contributed by atoms with Gasteiger partial charge in [-0.25, -0.2) is 0 Å². The summed E-state index contributed by atoms with van der Waals surface area (Å²) in [5.41, 5.74) is 14.4. The molecule has 0 atom stereocenters. The van der Waals surface area contributed by atoms with Crippen LogP contribution >= 0.6 is 0 Å². The van der Waals surface area contributed by atoms with Gasteiger partial charge in [-0.1, -0.05) is 108 Å². The van der Waals surface area contributed by atoms with Crippen LogP contribution in [0.4, 0.5) is 17.1 Å². The van der Waals surface area contributed by atoms with E-state index >= 15 is 0 Å². The van der Waals surface area contributed by atoms with Crippen molar-refractivity contribution >= 4 is 17.1 Å². The highest BCUT2D eigenvalue weighted by Crippen LogP contribution is 2.55. The first-order chi connectivity index (χ1) is 20.0. The molecule has 1 aliphatic heterocycles. The SMILES string of the molecule is CC1(C)c2ccccc2N(c2ccc3c(c2)C(C)(C)c2cc(-c4ccc(C#N)cc4)ccc2C3(C)C)c2ccccc21. The van der Waals surface area contributed by atoms with Crippen LogP contribution in [0.25, 0.3) is 11.1 Å². The first kappa shape index (κ1) is 26.3. The van der Waals surface area contributed by atoms with Crippen LogP contribution in [0.5, 0.6) is 0 Å². The summed E-state index contributed by atoms with van der Waals surface area (Å²) in [5.74, 6) is 0. The Morgan fingerprint density at radius 3 is 1.55 bits per heavy atom. The van der Waals surface area contributed by atoms with Crippen LogP contribution in [0, 0.1) is 11.3 Å². The van der Waals surface area contributed by atoms with Gasteiger partial charge in [0.15, 0.2) is 0 Å². The summed E-state index contributed by atoms with van der Waals surface area (Å²) >= 11 is 0. The average Bonchev–Trinajstić information content (AvgIpc) is 3.00. The molecule has 5 aromatic carbocycles. The molecule has 206 valence electrons. The highest BCUT2D eigenvalue weighted by molar-refractivity contribution is 5.86. The first-order valence-corrected chi connectivity index (χ1v) is 14.8. The molecule has 0 spiro atoms. The monoisotopic (exact) mass is 544 g/mol. The van der Waals surface area contributed by atoms with Crippen molar-refractivity contribution in [1.82, 2.24) is 0 Å². The van der Waals surface area contributed by atoms with Gasteiger partial charge in [0.2, 0.25) is 0 Å². The molecular weight excluding hydrogens is 508 g/mol. The second kappa shape index (κ2) is 8.94. The first-order valence-electron chi connectivity index (χ1n) is 14.8. The maximum atomic E-state index is 9.27. The Labute approximate surface area is 249 Å². The molecule has 0 radical (unpaired) electrons. The minimum absolute atomic E-state index is 0.0834. The molecule has 5 aromatic rings. The van der Waals surface area contributed by atoms with E-state index in [2.05, 4.69) is 150 Å². The van der Waals surface area contributed by atoms with Crippen LogP contribution in [0.1, 0.15) is 80.5 Å². The van der Waals surface area contributed by atoms with E-state index in [9.17, 15) is 5.26 Å². The fourth-order valence-corrected chi connectivity index (χ4v) is 7.49. The van der Waals surface area contributed by atoms with E-state index in [0.29, 0.717) is 5.56 Å². The van der Waals surface area contributed by atoms with Crippen molar-refractivity contribution in [3.8, 4) is 17.2 Å². The topological polar surface area (TPSA) is 27.0 Å². The van der Waals surface area contributed by atoms with Gasteiger partial charge in [0.05, 0.1) is 23.0 Å². The standard InChI is InChI=1S/C40H36N2/c1-38(2)30-21-19-28(27-17-15-26(25-41)16-18-27)23-34(30)40(5,6)35-24-29(20-22-31(35)38)42-36-13-9-7-11-32(36)39(3,4)33-12-8-10-14-37(33)42/h7-24H,1-6H3. The molecule has 0 amide bonds.